The van der Waals surface area contributed by atoms with Gasteiger partial charge in [-0.05, 0) is 60.8 Å². The predicted molar refractivity (Wildman–Crippen MR) is 85.2 cm³/mol. The molecule has 0 spiro atoms. The number of esters is 1. The molecular formula is C15H19BrClNO2. The Labute approximate surface area is 133 Å². The third-order valence-electron chi connectivity index (χ3n) is 4.20. The van der Waals surface area contributed by atoms with Crippen LogP contribution in [0.5, 0.6) is 0 Å². The van der Waals surface area contributed by atoms with Gasteiger partial charge in [0.25, 0.3) is 0 Å². The third-order valence-corrected chi connectivity index (χ3v) is 5.42. The topological polar surface area (TPSA) is 38.3 Å². The monoisotopic (exact) mass is 359 g/mol. The summed E-state index contributed by atoms with van der Waals surface area (Å²) in [6.45, 7) is 6.24. The van der Waals surface area contributed by atoms with Crippen molar-refractivity contribution in [3.63, 3.8) is 0 Å². The second-order valence-electron chi connectivity index (χ2n) is 5.66. The van der Waals surface area contributed by atoms with E-state index in [9.17, 15) is 4.79 Å². The van der Waals surface area contributed by atoms with E-state index in [-0.39, 0.29) is 11.4 Å². The minimum Gasteiger partial charge on any atom is -0.464 e. The quantitative estimate of drug-likeness (QED) is 0.778. The molecule has 1 aromatic carbocycles. The fraction of sp³-hybridized carbons (Fsp3) is 0.533. The third kappa shape index (κ3) is 2.82. The molecule has 0 amide bonds. The molecule has 1 aliphatic carbocycles. The molecule has 0 aromatic heterocycles. The van der Waals surface area contributed by atoms with Crippen LogP contribution in [0.15, 0.2) is 22.7 Å². The van der Waals surface area contributed by atoms with Crippen LogP contribution in [0.25, 0.3) is 0 Å². The average Bonchev–Trinajstić information content (AvgIpc) is 3.14. The molecule has 0 heterocycles. The number of carbonyl (C=O) groups is 1. The number of hydrogen-bond donors (Lipinski definition) is 1. The Morgan fingerprint density at radius 2 is 2.20 bits per heavy atom. The number of rotatable bonds is 5. The molecule has 1 atom stereocenters. The highest BCUT2D eigenvalue weighted by molar-refractivity contribution is 9.10. The molecule has 5 heteroatoms. The summed E-state index contributed by atoms with van der Waals surface area (Å²) < 4.78 is 6.06. The molecule has 0 aliphatic heterocycles. The lowest BCUT2D eigenvalue weighted by molar-refractivity contribution is -0.150. The first kappa shape index (κ1) is 15.6. The lowest BCUT2D eigenvalue weighted by atomic mass is 9.83. The van der Waals surface area contributed by atoms with Crippen LogP contribution in [0.1, 0.15) is 33.6 Å². The first-order valence-corrected chi connectivity index (χ1v) is 7.90. The van der Waals surface area contributed by atoms with Crippen molar-refractivity contribution in [2.24, 2.45) is 5.41 Å². The van der Waals surface area contributed by atoms with Crippen molar-refractivity contribution in [2.75, 3.05) is 11.9 Å². The highest BCUT2D eigenvalue weighted by Crippen LogP contribution is 2.55. The van der Waals surface area contributed by atoms with Crippen LogP contribution in [-0.2, 0) is 9.53 Å². The van der Waals surface area contributed by atoms with E-state index >= 15 is 0 Å². The molecule has 110 valence electrons. The van der Waals surface area contributed by atoms with Gasteiger partial charge in [0.05, 0.1) is 11.6 Å². The van der Waals surface area contributed by atoms with E-state index in [0.717, 1.165) is 23.0 Å². The maximum atomic E-state index is 12.4. The highest BCUT2D eigenvalue weighted by Gasteiger charge is 2.58. The molecule has 1 N–H and O–H groups in total. The number of halogens is 2. The van der Waals surface area contributed by atoms with Crippen molar-refractivity contribution in [1.29, 1.82) is 0 Å². The predicted octanol–water partition coefficient (Wildman–Crippen LogP) is 4.64. The van der Waals surface area contributed by atoms with Crippen molar-refractivity contribution in [3.8, 4) is 0 Å². The number of nitrogens with one attached hydrogen (secondary N) is 1. The Balaban J connectivity index is 2.28. The second kappa shape index (κ2) is 5.57. The summed E-state index contributed by atoms with van der Waals surface area (Å²) in [7, 11) is 0. The van der Waals surface area contributed by atoms with Gasteiger partial charge >= 0.3 is 5.97 Å². The van der Waals surface area contributed by atoms with Gasteiger partial charge in [-0.2, -0.15) is 0 Å². The van der Waals surface area contributed by atoms with Crippen LogP contribution in [0.2, 0.25) is 5.02 Å². The molecule has 1 fully saturated rings. The summed E-state index contributed by atoms with van der Waals surface area (Å²) in [5.41, 5.74) is 0.0618. The van der Waals surface area contributed by atoms with E-state index in [0.29, 0.717) is 11.6 Å². The van der Waals surface area contributed by atoms with Crippen molar-refractivity contribution in [2.45, 2.75) is 39.2 Å². The van der Waals surface area contributed by atoms with E-state index in [1.165, 1.54) is 0 Å². The first-order valence-electron chi connectivity index (χ1n) is 6.73. The molecule has 2 rings (SSSR count). The number of hydrogen-bond acceptors (Lipinski definition) is 3. The van der Waals surface area contributed by atoms with Crippen LogP contribution in [0.3, 0.4) is 0 Å². The Kier molecular flexibility index (Phi) is 4.35. The lowest BCUT2D eigenvalue weighted by Crippen LogP contribution is -2.51. The number of benzene rings is 1. The zero-order chi connectivity index (χ0) is 15.0. The van der Waals surface area contributed by atoms with E-state index in [1.54, 1.807) is 6.07 Å². The molecule has 20 heavy (non-hydrogen) atoms. The van der Waals surface area contributed by atoms with Gasteiger partial charge in [-0.25, -0.2) is 4.79 Å². The largest absolute Gasteiger partial charge is 0.464 e. The van der Waals surface area contributed by atoms with Gasteiger partial charge in [0.1, 0.15) is 5.54 Å². The zero-order valence-corrected chi connectivity index (χ0v) is 14.3. The molecule has 0 bridgehead atoms. The van der Waals surface area contributed by atoms with E-state index in [4.69, 9.17) is 16.3 Å². The summed E-state index contributed by atoms with van der Waals surface area (Å²) in [4.78, 5) is 12.4. The van der Waals surface area contributed by atoms with E-state index < -0.39 is 5.54 Å². The molecule has 1 aromatic rings. The van der Waals surface area contributed by atoms with Crippen LogP contribution >= 0.6 is 27.5 Å². The molecule has 0 radical (unpaired) electrons. The van der Waals surface area contributed by atoms with Crippen LogP contribution in [-0.4, -0.2) is 18.1 Å². The fourth-order valence-electron chi connectivity index (χ4n) is 2.27. The maximum Gasteiger partial charge on any atom is 0.332 e. The highest BCUT2D eigenvalue weighted by atomic mass is 79.9. The van der Waals surface area contributed by atoms with Crippen LogP contribution in [0, 0.1) is 5.41 Å². The van der Waals surface area contributed by atoms with Gasteiger partial charge in [0.15, 0.2) is 0 Å². The SMILES string of the molecule is CCOC(=O)C(C)(Nc1ccc(Cl)c(Br)c1)C1(C)CC1. The molecule has 3 nitrogen and oxygen atoms in total. The van der Waals surface area contributed by atoms with Crippen molar-refractivity contribution >= 4 is 39.2 Å². The fourth-order valence-corrected chi connectivity index (χ4v) is 2.77. The number of carbonyl (C=O) groups excluding carboxylic acids is 1. The molecule has 0 saturated heterocycles. The van der Waals surface area contributed by atoms with E-state index in [1.807, 2.05) is 26.0 Å². The van der Waals surface area contributed by atoms with E-state index in [2.05, 4.69) is 28.2 Å². The summed E-state index contributed by atoms with van der Waals surface area (Å²) in [5.74, 6) is -0.203. The number of ether oxygens (including phenoxy) is 1. The van der Waals surface area contributed by atoms with Gasteiger partial charge in [0.2, 0.25) is 0 Å². The lowest BCUT2D eigenvalue weighted by Gasteiger charge is -2.35. The second-order valence-corrected chi connectivity index (χ2v) is 6.92. The molecular weight excluding hydrogens is 342 g/mol. The standard InChI is InChI=1S/C15H19BrClNO2/c1-4-20-13(19)15(3,14(2)7-8-14)18-10-5-6-12(17)11(16)9-10/h5-6,9,18H,4,7-8H2,1-3H3. The van der Waals surface area contributed by atoms with Crippen molar-refractivity contribution in [1.82, 2.24) is 0 Å². The Morgan fingerprint density at radius 3 is 2.70 bits per heavy atom. The maximum absolute atomic E-state index is 12.4. The van der Waals surface area contributed by atoms with Gasteiger partial charge in [-0.3, -0.25) is 0 Å². The average molecular weight is 361 g/mol. The van der Waals surface area contributed by atoms with Crippen LogP contribution in [0.4, 0.5) is 5.69 Å². The summed E-state index contributed by atoms with van der Waals surface area (Å²) in [6.07, 6.45) is 2.04. The smallest absolute Gasteiger partial charge is 0.332 e. The van der Waals surface area contributed by atoms with Crippen molar-refractivity contribution in [3.05, 3.63) is 27.7 Å². The first-order chi connectivity index (χ1) is 9.32. The summed E-state index contributed by atoms with van der Waals surface area (Å²) >= 11 is 9.40. The summed E-state index contributed by atoms with van der Waals surface area (Å²) in [6, 6.07) is 5.55. The van der Waals surface area contributed by atoms with Gasteiger partial charge in [-0.1, -0.05) is 18.5 Å². The zero-order valence-electron chi connectivity index (χ0n) is 11.9. The van der Waals surface area contributed by atoms with Gasteiger partial charge in [0, 0.05) is 15.6 Å². The minimum absolute atomic E-state index is 0.0641. The van der Waals surface area contributed by atoms with Crippen molar-refractivity contribution < 1.29 is 9.53 Å². The van der Waals surface area contributed by atoms with Crippen LogP contribution < -0.4 is 5.32 Å². The number of anilines is 1. The Hall–Kier alpha value is -0.740. The summed E-state index contributed by atoms with van der Waals surface area (Å²) in [5, 5.41) is 3.99. The van der Waals surface area contributed by atoms with Gasteiger partial charge < -0.3 is 10.1 Å². The minimum atomic E-state index is -0.726. The Morgan fingerprint density at radius 1 is 1.55 bits per heavy atom. The molecule has 1 unspecified atom stereocenters. The van der Waals surface area contributed by atoms with Gasteiger partial charge in [-0.15, -0.1) is 0 Å². The molecule has 1 aliphatic rings. The Bertz CT molecular complexity index is 531. The molecule has 1 saturated carbocycles. The normalized spacial score (nSPS) is 19.1.